The van der Waals surface area contributed by atoms with Gasteiger partial charge in [0.25, 0.3) is 0 Å². The first-order valence-electron chi connectivity index (χ1n) is 10.3. The zero-order chi connectivity index (χ0) is 19.4. The Morgan fingerprint density at radius 3 is 2.38 bits per heavy atom. The molecule has 0 aromatic heterocycles. The van der Waals surface area contributed by atoms with Crippen LogP contribution < -0.4 is 16.0 Å². The Hall–Kier alpha value is -1.14. The van der Waals surface area contributed by atoms with E-state index in [1.54, 1.807) is 6.92 Å². The van der Waals surface area contributed by atoms with Crippen molar-refractivity contribution in [3.05, 3.63) is 0 Å². The van der Waals surface area contributed by atoms with Crippen molar-refractivity contribution in [2.45, 2.75) is 84.2 Å². The molecule has 26 heavy (non-hydrogen) atoms. The summed E-state index contributed by atoms with van der Waals surface area (Å²) in [5.41, 5.74) is 0. The van der Waals surface area contributed by atoms with E-state index < -0.39 is 6.04 Å². The lowest BCUT2D eigenvalue weighted by atomic mass is 9.86. The summed E-state index contributed by atoms with van der Waals surface area (Å²) < 4.78 is 0. The van der Waals surface area contributed by atoms with Crippen molar-refractivity contribution >= 4 is 11.8 Å². The number of rotatable bonds is 12. The number of hydrogen-bond donors (Lipinski definition) is 4. The molecule has 1 fully saturated rings. The van der Waals surface area contributed by atoms with Crippen LogP contribution in [0.4, 0.5) is 0 Å². The molecule has 6 nitrogen and oxygen atoms in total. The molecule has 1 unspecified atom stereocenters. The maximum Gasteiger partial charge on any atom is 0.242 e. The van der Waals surface area contributed by atoms with Gasteiger partial charge in [-0.15, -0.1) is 0 Å². The highest BCUT2D eigenvalue weighted by molar-refractivity contribution is 5.88. The molecule has 1 saturated carbocycles. The highest BCUT2D eigenvalue weighted by Crippen LogP contribution is 2.26. The van der Waals surface area contributed by atoms with Crippen LogP contribution in [0.3, 0.4) is 0 Å². The van der Waals surface area contributed by atoms with Crippen LogP contribution in [-0.2, 0) is 9.59 Å². The average molecular weight is 370 g/mol. The summed E-state index contributed by atoms with van der Waals surface area (Å²) in [6, 6.07) is -0.868. The molecule has 1 aliphatic rings. The fourth-order valence-electron chi connectivity index (χ4n) is 3.63. The predicted molar refractivity (Wildman–Crippen MR) is 105 cm³/mol. The van der Waals surface area contributed by atoms with Crippen LogP contribution in [0.25, 0.3) is 0 Å². The Morgan fingerprint density at radius 2 is 1.77 bits per heavy atom. The topological polar surface area (TPSA) is 90.5 Å². The molecule has 6 heteroatoms. The normalized spacial score (nSPS) is 17.7. The zero-order valence-electron chi connectivity index (χ0n) is 16.9. The van der Waals surface area contributed by atoms with E-state index in [0.29, 0.717) is 12.3 Å². The second-order valence-electron chi connectivity index (χ2n) is 8.13. The third-order valence-corrected chi connectivity index (χ3v) is 5.07. The average Bonchev–Trinajstić information content (AvgIpc) is 2.61. The van der Waals surface area contributed by atoms with Crippen molar-refractivity contribution in [2.24, 2.45) is 11.8 Å². The molecule has 0 heterocycles. The van der Waals surface area contributed by atoms with Gasteiger partial charge in [0.2, 0.25) is 11.8 Å². The van der Waals surface area contributed by atoms with E-state index in [1.807, 2.05) is 13.8 Å². The molecular weight excluding hydrogens is 330 g/mol. The Bertz CT molecular complexity index is 409. The van der Waals surface area contributed by atoms with Crippen molar-refractivity contribution in [3.63, 3.8) is 0 Å². The van der Waals surface area contributed by atoms with E-state index in [0.717, 1.165) is 18.9 Å². The first-order chi connectivity index (χ1) is 12.4. The monoisotopic (exact) mass is 369 g/mol. The van der Waals surface area contributed by atoms with Gasteiger partial charge in [-0.1, -0.05) is 46.0 Å². The second kappa shape index (κ2) is 13.1. The van der Waals surface area contributed by atoms with Crippen LogP contribution in [-0.4, -0.2) is 48.7 Å². The molecule has 1 aliphatic carbocycles. The quantitative estimate of drug-likeness (QED) is 0.396. The molecular formula is C20H39N3O3. The third-order valence-electron chi connectivity index (χ3n) is 5.07. The van der Waals surface area contributed by atoms with Gasteiger partial charge in [-0.3, -0.25) is 9.59 Å². The van der Waals surface area contributed by atoms with Crippen LogP contribution in [0.5, 0.6) is 0 Å². The van der Waals surface area contributed by atoms with E-state index in [-0.39, 0.29) is 31.0 Å². The molecule has 0 saturated heterocycles. The SMILES string of the molecule is CC(C)CC(CO)NC(=O)[C@H](C)NC(=O)CNCCCC1CCCCC1. The maximum atomic E-state index is 12.1. The van der Waals surface area contributed by atoms with Crippen LogP contribution in [0, 0.1) is 11.8 Å². The maximum absolute atomic E-state index is 12.1. The number of amides is 2. The predicted octanol–water partition coefficient (Wildman–Crippen LogP) is 1.96. The molecule has 152 valence electrons. The molecule has 4 N–H and O–H groups in total. The fraction of sp³-hybridized carbons (Fsp3) is 0.900. The molecule has 0 radical (unpaired) electrons. The molecule has 2 amide bonds. The van der Waals surface area contributed by atoms with Gasteiger partial charge in [0.05, 0.1) is 19.2 Å². The minimum absolute atomic E-state index is 0.0901. The summed E-state index contributed by atoms with van der Waals surface area (Å²) in [7, 11) is 0. The Kier molecular flexibility index (Phi) is 11.5. The summed E-state index contributed by atoms with van der Waals surface area (Å²) in [6.45, 7) is 6.73. The first-order valence-corrected chi connectivity index (χ1v) is 10.3. The highest BCUT2D eigenvalue weighted by Gasteiger charge is 2.19. The van der Waals surface area contributed by atoms with Crippen molar-refractivity contribution in [1.29, 1.82) is 0 Å². The summed E-state index contributed by atoms with van der Waals surface area (Å²) in [5, 5.41) is 18.0. The molecule has 0 aliphatic heterocycles. The summed E-state index contributed by atoms with van der Waals surface area (Å²) in [4.78, 5) is 24.1. The summed E-state index contributed by atoms with van der Waals surface area (Å²) in [5.74, 6) is 0.827. The molecule has 0 aromatic rings. The van der Waals surface area contributed by atoms with Gasteiger partial charge < -0.3 is 21.1 Å². The van der Waals surface area contributed by atoms with Crippen LogP contribution in [0.15, 0.2) is 0 Å². The van der Waals surface area contributed by atoms with Crippen molar-refractivity contribution in [1.82, 2.24) is 16.0 Å². The number of hydrogen-bond acceptors (Lipinski definition) is 4. The van der Waals surface area contributed by atoms with E-state index in [2.05, 4.69) is 16.0 Å². The van der Waals surface area contributed by atoms with E-state index >= 15 is 0 Å². The van der Waals surface area contributed by atoms with Gasteiger partial charge in [0.15, 0.2) is 0 Å². The zero-order valence-corrected chi connectivity index (χ0v) is 16.9. The number of carbonyl (C=O) groups excluding carboxylic acids is 2. The Labute approximate surface area is 158 Å². The number of nitrogens with one attached hydrogen (secondary N) is 3. The lowest BCUT2D eigenvalue weighted by Gasteiger charge is -2.22. The van der Waals surface area contributed by atoms with Gasteiger partial charge in [0.1, 0.15) is 6.04 Å². The van der Waals surface area contributed by atoms with E-state index in [4.69, 9.17) is 0 Å². The number of aliphatic hydroxyl groups is 1. The standard InChI is InChI=1S/C20H39N3O3/c1-15(2)12-18(14-24)23-20(26)16(3)22-19(25)13-21-11-7-10-17-8-5-4-6-9-17/h15-18,21,24H,4-14H2,1-3H3,(H,22,25)(H,23,26)/t16-,18?/m0/s1. The van der Waals surface area contributed by atoms with E-state index in [1.165, 1.54) is 38.5 Å². The van der Waals surface area contributed by atoms with Crippen LogP contribution in [0.1, 0.15) is 72.1 Å². The molecule has 2 atom stereocenters. The minimum atomic E-state index is -0.604. The van der Waals surface area contributed by atoms with Crippen molar-refractivity contribution in [2.75, 3.05) is 19.7 Å². The summed E-state index contributed by atoms with van der Waals surface area (Å²) in [6.07, 6.45) is 9.90. The smallest absolute Gasteiger partial charge is 0.242 e. The third kappa shape index (κ3) is 10.1. The van der Waals surface area contributed by atoms with Crippen LogP contribution in [0.2, 0.25) is 0 Å². The lowest BCUT2D eigenvalue weighted by molar-refractivity contribution is -0.128. The number of aliphatic hydroxyl groups excluding tert-OH is 1. The minimum Gasteiger partial charge on any atom is -0.394 e. The first kappa shape index (κ1) is 22.9. The molecule has 0 aromatic carbocycles. The molecule has 1 rings (SSSR count). The van der Waals surface area contributed by atoms with Crippen LogP contribution >= 0.6 is 0 Å². The summed E-state index contributed by atoms with van der Waals surface area (Å²) >= 11 is 0. The van der Waals surface area contributed by atoms with Gasteiger partial charge in [-0.2, -0.15) is 0 Å². The van der Waals surface area contributed by atoms with Gasteiger partial charge in [0, 0.05) is 0 Å². The molecule has 0 spiro atoms. The molecule has 0 bridgehead atoms. The second-order valence-corrected chi connectivity index (χ2v) is 8.13. The van der Waals surface area contributed by atoms with E-state index in [9.17, 15) is 14.7 Å². The lowest BCUT2D eigenvalue weighted by Crippen LogP contribution is -2.50. The largest absolute Gasteiger partial charge is 0.394 e. The highest BCUT2D eigenvalue weighted by atomic mass is 16.3. The van der Waals surface area contributed by atoms with Gasteiger partial charge in [-0.05, 0) is 44.6 Å². The number of carbonyl (C=O) groups is 2. The van der Waals surface area contributed by atoms with Crippen molar-refractivity contribution in [3.8, 4) is 0 Å². The Morgan fingerprint density at radius 1 is 1.08 bits per heavy atom. The van der Waals surface area contributed by atoms with Crippen molar-refractivity contribution < 1.29 is 14.7 Å². The Balaban J connectivity index is 2.13. The van der Waals surface area contributed by atoms with Gasteiger partial charge in [-0.25, -0.2) is 0 Å². The van der Waals surface area contributed by atoms with Gasteiger partial charge >= 0.3 is 0 Å². The fourth-order valence-corrected chi connectivity index (χ4v) is 3.63.